The molecule has 0 aliphatic carbocycles. The Morgan fingerprint density at radius 1 is 1.00 bits per heavy atom. The molecule has 0 aliphatic heterocycles. The van der Waals surface area contributed by atoms with Crippen LogP contribution in [-0.4, -0.2) is 16.2 Å². The summed E-state index contributed by atoms with van der Waals surface area (Å²) in [4.78, 5) is 4.26. The fourth-order valence-corrected chi connectivity index (χ4v) is 1.17. The van der Waals surface area contributed by atoms with Crippen LogP contribution in [0.15, 0.2) is 18.3 Å². The molecule has 0 unspecified atom stereocenters. The number of nitrogens with zero attached hydrogens (tertiary/aromatic N) is 1. The fraction of sp³-hybridized carbons (Fsp3) is 0.643. The van der Waals surface area contributed by atoms with Crippen molar-refractivity contribution in [2.75, 3.05) is 0 Å². The van der Waals surface area contributed by atoms with E-state index in [-0.39, 0.29) is 11.2 Å². The fourth-order valence-electron chi connectivity index (χ4n) is 1.17. The van der Waals surface area contributed by atoms with Crippen molar-refractivity contribution in [1.82, 2.24) is 4.98 Å². The number of aromatic nitrogens is 1. The molecule has 0 atom stereocenters. The highest BCUT2D eigenvalue weighted by atomic mass is 16.5. The molecule has 0 saturated carbocycles. The highest BCUT2D eigenvalue weighted by molar-refractivity contribution is 5.17. The van der Waals surface area contributed by atoms with E-state index in [0.717, 1.165) is 5.56 Å². The Balaban J connectivity index is 2.56. The van der Waals surface area contributed by atoms with E-state index >= 15 is 0 Å². The van der Waals surface area contributed by atoms with Crippen molar-refractivity contribution in [1.29, 1.82) is 0 Å². The van der Waals surface area contributed by atoms with Gasteiger partial charge in [-0.15, -0.1) is 0 Å². The monoisotopic (exact) mass is 237 g/mol. The van der Waals surface area contributed by atoms with Gasteiger partial charge in [-0.1, -0.05) is 0 Å². The third kappa shape index (κ3) is 6.27. The molecule has 0 saturated heterocycles. The van der Waals surface area contributed by atoms with Gasteiger partial charge in [-0.25, -0.2) is 4.98 Å². The van der Waals surface area contributed by atoms with Crippen LogP contribution in [0, 0.1) is 0 Å². The van der Waals surface area contributed by atoms with Crippen LogP contribution in [0.1, 0.15) is 47.1 Å². The lowest BCUT2D eigenvalue weighted by Gasteiger charge is -2.21. The molecule has 0 aliphatic rings. The molecule has 17 heavy (non-hydrogen) atoms. The van der Waals surface area contributed by atoms with Crippen molar-refractivity contribution in [2.45, 2.75) is 59.4 Å². The molecule has 0 N–H and O–H groups in total. The van der Waals surface area contributed by atoms with Crippen molar-refractivity contribution in [2.24, 2.45) is 0 Å². The summed E-state index contributed by atoms with van der Waals surface area (Å²) in [7, 11) is 0. The topological polar surface area (TPSA) is 31.4 Å². The maximum absolute atomic E-state index is 5.68. The Morgan fingerprint density at radius 2 is 1.65 bits per heavy atom. The zero-order chi connectivity index (χ0) is 13.1. The summed E-state index contributed by atoms with van der Waals surface area (Å²) < 4.78 is 11.3. The molecule has 3 heteroatoms. The van der Waals surface area contributed by atoms with E-state index in [9.17, 15) is 0 Å². The Bertz CT molecular complexity index is 344. The second kappa shape index (κ2) is 5.05. The lowest BCUT2D eigenvalue weighted by Crippen LogP contribution is -2.23. The summed E-state index contributed by atoms with van der Waals surface area (Å²) in [5.41, 5.74) is 0.720. The number of hydrogen-bond acceptors (Lipinski definition) is 3. The van der Waals surface area contributed by atoms with Gasteiger partial charge >= 0.3 is 0 Å². The molecule has 1 aromatic heterocycles. The normalized spacial score (nSPS) is 12.6. The minimum Gasteiger partial charge on any atom is -0.472 e. The summed E-state index contributed by atoms with van der Waals surface area (Å²) >= 11 is 0. The van der Waals surface area contributed by atoms with Gasteiger partial charge in [0.2, 0.25) is 5.88 Å². The predicted octanol–water partition coefficient (Wildman–Crippen LogP) is 3.57. The van der Waals surface area contributed by atoms with Crippen LogP contribution in [0.25, 0.3) is 0 Å². The first-order valence-electron chi connectivity index (χ1n) is 5.94. The van der Waals surface area contributed by atoms with Gasteiger partial charge in [-0.2, -0.15) is 0 Å². The molecule has 0 aromatic carbocycles. The van der Waals surface area contributed by atoms with Crippen molar-refractivity contribution < 1.29 is 9.47 Å². The summed E-state index contributed by atoms with van der Waals surface area (Å²) in [5.74, 6) is 0.650. The molecular weight excluding hydrogens is 214 g/mol. The van der Waals surface area contributed by atoms with Crippen molar-refractivity contribution in [3.63, 3.8) is 0 Å². The first-order chi connectivity index (χ1) is 7.66. The van der Waals surface area contributed by atoms with Gasteiger partial charge in [0.1, 0.15) is 5.60 Å². The maximum atomic E-state index is 5.68. The van der Waals surface area contributed by atoms with Gasteiger partial charge in [-0.3, -0.25) is 0 Å². The van der Waals surface area contributed by atoms with Crippen LogP contribution < -0.4 is 4.74 Å². The molecular formula is C14H23NO2. The van der Waals surface area contributed by atoms with Crippen LogP contribution in [0.3, 0.4) is 0 Å². The predicted molar refractivity (Wildman–Crippen MR) is 69.2 cm³/mol. The molecule has 0 amide bonds. The quantitative estimate of drug-likeness (QED) is 0.805. The van der Waals surface area contributed by atoms with Crippen molar-refractivity contribution >= 4 is 0 Å². The lowest BCUT2D eigenvalue weighted by molar-refractivity contribution is -0.0151. The molecule has 1 rings (SSSR count). The molecule has 0 fully saturated rings. The molecule has 1 heterocycles. The maximum Gasteiger partial charge on any atom is 0.213 e. The molecule has 0 bridgehead atoms. The first kappa shape index (κ1) is 14.0. The van der Waals surface area contributed by atoms with Crippen LogP contribution in [0.5, 0.6) is 5.88 Å². The number of rotatable bonds is 3. The minimum absolute atomic E-state index is 0.124. The smallest absolute Gasteiger partial charge is 0.213 e. The summed E-state index contributed by atoms with van der Waals surface area (Å²) in [6, 6.07) is 3.87. The van der Waals surface area contributed by atoms with Gasteiger partial charge in [0, 0.05) is 12.3 Å². The Labute approximate surface area is 104 Å². The molecule has 1 aromatic rings. The highest BCUT2D eigenvalue weighted by Crippen LogP contribution is 2.17. The van der Waals surface area contributed by atoms with Gasteiger partial charge in [0.25, 0.3) is 0 Å². The summed E-state index contributed by atoms with van der Waals surface area (Å²) in [6.45, 7) is 12.7. The number of hydrogen-bond donors (Lipinski definition) is 0. The Kier molecular flexibility index (Phi) is 4.15. The summed E-state index contributed by atoms with van der Waals surface area (Å²) in [5, 5.41) is 0. The van der Waals surface area contributed by atoms with Crippen molar-refractivity contribution in [3.8, 4) is 5.88 Å². The van der Waals surface area contributed by atoms with Crippen LogP contribution >= 0.6 is 0 Å². The van der Waals surface area contributed by atoms with E-state index in [2.05, 4.69) is 4.98 Å². The van der Waals surface area contributed by atoms with Gasteiger partial charge in [0.05, 0.1) is 12.2 Å². The largest absolute Gasteiger partial charge is 0.472 e. The van der Waals surface area contributed by atoms with E-state index in [1.165, 1.54) is 0 Å². The minimum atomic E-state index is -0.212. The van der Waals surface area contributed by atoms with E-state index in [1.807, 2.05) is 53.7 Å². The average molecular weight is 237 g/mol. The van der Waals surface area contributed by atoms with E-state index in [4.69, 9.17) is 9.47 Å². The van der Waals surface area contributed by atoms with Crippen molar-refractivity contribution in [3.05, 3.63) is 23.9 Å². The second-order valence-corrected chi connectivity index (χ2v) is 6.12. The standard InChI is InChI=1S/C14H23NO2/c1-13(2,3)16-10-11-7-8-12(15-9-11)17-14(4,5)6/h7-9H,10H2,1-6H3. The highest BCUT2D eigenvalue weighted by Gasteiger charge is 2.13. The average Bonchev–Trinajstić information content (AvgIpc) is 2.13. The van der Waals surface area contributed by atoms with E-state index < -0.39 is 0 Å². The van der Waals surface area contributed by atoms with E-state index in [0.29, 0.717) is 12.5 Å². The molecule has 3 nitrogen and oxygen atoms in total. The SMILES string of the molecule is CC(C)(C)OCc1ccc(OC(C)(C)C)nc1. The van der Waals surface area contributed by atoms with Gasteiger partial charge in [-0.05, 0) is 53.2 Å². The Hall–Kier alpha value is -1.09. The molecule has 0 spiro atoms. The number of ether oxygens (including phenoxy) is 2. The van der Waals surface area contributed by atoms with Gasteiger partial charge < -0.3 is 9.47 Å². The van der Waals surface area contributed by atoms with Crippen LogP contribution in [0.4, 0.5) is 0 Å². The second-order valence-electron chi connectivity index (χ2n) is 6.12. The zero-order valence-corrected chi connectivity index (χ0v) is 11.7. The summed E-state index contributed by atoms with van der Waals surface area (Å²) in [6.07, 6.45) is 1.80. The van der Waals surface area contributed by atoms with E-state index in [1.54, 1.807) is 6.20 Å². The molecule has 96 valence electrons. The van der Waals surface area contributed by atoms with Crippen LogP contribution in [0.2, 0.25) is 0 Å². The third-order valence-corrected chi connectivity index (χ3v) is 1.88. The van der Waals surface area contributed by atoms with Gasteiger partial charge in [0.15, 0.2) is 0 Å². The number of pyridine rings is 1. The molecule has 0 radical (unpaired) electrons. The zero-order valence-electron chi connectivity index (χ0n) is 11.7. The lowest BCUT2D eigenvalue weighted by atomic mass is 10.2. The Morgan fingerprint density at radius 3 is 2.06 bits per heavy atom. The first-order valence-corrected chi connectivity index (χ1v) is 5.94. The third-order valence-electron chi connectivity index (χ3n) is 1.88. The van der Waals surface area contributed by atoms with Crippen LogP contribution in [-0.2, 0) is 11.3 Å².